The monoisotopic (exact) mass is 223 g/mol. The van der Waals surface area contributed by atoms with Gasteiger partial charge in [-0.15, -0.1) is 12.3 Å². The second-order valence-electron chi connectivity index (χ2n) is 4.35. The molecule has 4 heteroatoms. The minimum absolute atomic E-state index is 0.113. The van der Waals surface area contributed by atoms with Gasteiger partial charge in [-0.05, 0) is 12.8 Å². The van der Waals surface area contributed by atoms with E-state index in [1.165, 1.54) is 0 Å². The van der Waals surface area contributed by atoms with Gasteiger partial charge in [-0.1, -0.05) is 0 Å². The number of nitrogens with one attached hydrogen (secondary N) is 1. The van der Waals surface area contributed by atoms with Crippen molar-refractivity contribution >= 4 is 6.03 Å². The van der Waals surface area contributed by atoms with Crippen LogP contribution in [0, 0.1) is 12.3 Å². The van der Waals surface area contributed by atoms with Crippen LogP contribution < -0.4 is 5.32 Å². The first-order valence-electron chi connectivity index (χ1n) is 5.78. The fourth-order valence-electron chi connectivity index (χ4n) is 1.91. The summed E-state index contributed by atoms with van der Waals surface area (Å²) in [6.07, 6.45) is 8.00. The minimum atomic E-state index is 0.113. The first kappa shape index (κ1) is 12.9. The lowest BCUT2D eigenvalue weighted by Gasteiger charge is -2.33. The van der Waals surface area contributed by atoms with E-state index < -0.39 is 0 Å². The highest BCUT2D eigenvalue weighted by molar-refractivity contribution is 5.73. The third-order valence-electron chi connectivity index (χ3n) is 2.85. The highest BCUT2D eigenvalue weighted by Gasteiger charge is 2.22. The van der Waals surface area contributed by atoms with E-state index in [4.69, 9.17) is 6.42 Å². The Hall–Kier alpha value is -1.21. The van der Waals surface area contributed by atoms with Crippen LogP contribution in [0.2, 0.25) is 0 Å². The number of hydrogen-bond acceptors (Lipinski definition) is 2. The third kappa shape index (κ3) is 3.74. The van der Waals surface area contributed by atoms with E-state index in [1.54, 1.807) is 19.0 Å². The summed E-state index contributed by atoms with van der Waals surface area (Å²) < 4.78 is 0. The van der Waals surface area contributed by atoms with Gasteiger partial charge in [-0.3, -0.25) is 0 Å². The van der Waals surface area contributed by atoms with Crippen molar-refractivity contribution in [2.75, 3.05) is 33.7 Å². The Morgan fingerprint density at radius 1 is 1.50 bits per heavy atom. The van der Waals surface area contributed by atoms with Crippen molar-refractivity contribution in [2.24, 2.45) is 0 Å². The van der Waals surface area contributed by atoms with Gasteiger partial charge in [0.15, 0.2) is 0 Å². The normalized spacial score (nSPS) is 16.9. The van der Waals surface area contributed by atoms with Crippen molar-refractivity contribution in [1.82, 2.24) is 15.1 Å². The van der Waals surface area contributed by atoms with Gasteiger partial charge in [0.1, 0.15) is 0 Å². The number of rotatable bonds is 3. The molecular formula is C12H21N3O. The maximum absolute atomic E-state index is 11.7. The number of carbonyl (C=O) groups is 1. The molecule has 1 rings (SSSR count). The second kappa shape index (κ2) is 6.39. The molecule has 0 saturated carbocycles. The fraction of sp³-hybridized carbons (Fsp3) is 0.750. The molecule has 0 unspecified atom stereocenters. The Morgan fingerprint density at radius 2 is 2.12 bits per heavy atom. The van der Waals surface area contributed by atoms with Crippen LogP contribution in [-0.2, 0) is 0 Å². The lowest BCUT2D eigenvalue weighted by molar-refractivity contribution is 0.152. The number of urea groups is 1. The van der Waals surface area contributed by atoms with E-state index >= 15 is 0 Å². The zero-order valence-corrected chi connectivity index (χ0v) is 10.2. The summed E-state index contributed by atoms with van der Waals surface area (Å²) in [6.45, 7) is 2.55. The first-order valence-corrected chi connectivity index (χ1v) is 5.78. The van der Waals surface area contributed by atoms with Gasteiger partial charge in [0.25, 0.3) is 0 Å². The zero-order valence-electron chi connectivity index (χ0n) is 10.2. The van der Waals surface area contributed by atoms with Crippen molar-refractivity contribution < 1.29 is 4.79 Å². The van der Waals surface area contributed by atoms with Gasteiger partial charge < -0.3 is 15.1 Å². The van der Waals surface area contributed by atoms with Gasteiger partial charge >= 0.3 is 6.03 Å². The Labute approximate surface area is 98.0 Å². The number of piperidine rings is 1. The standard InChI is InChI=1S/C12H21N3O/c1-4-5-8-13-11-6-9-15(10-7-11)12(16)14(2)3/h1,11,13H,5-10H2,2-3H3. The molecule has 90 valence electrons. The number of amides is 2. The molecule has 0 spiro atoms. The largest absolute Gasteiger partial charge is 0.331 e. The van der Waals surface area contributed by atoms with Crippen LogP contribution in [0.5, 0.6) is 0 Å². The van der Waals surface area contributed by atoms with Crippen molar-refractivity contribution in [2.45, 2.75) is 25.3 Å². The predicted octanol–water partition coefficient (Wildman–Crippen LogP) is 0.745. The number of nitrogens with zero attached hydrogens (tertiary/aromatic N) is 2. The highest BCUT2D eigenvalue weighted by atomic mass is 16.2. The molecule has 0 atom stereocenters. The molecule has 1 aliphatic heterocycles. The molecule has 0 bridgehead atoms. The van der Waals surface area contributed by atoms with Gasteiger partial charge in [0, 0.05) is 46.2 Å². The second-order valence-corrected chi connectivity index (χ2v) is 4.35. The summed E-state index contributed by atoms with van der Waals surface area (Å²) >= 11 is 0. The average Bonchev–Trinajstić information content (AvgIpc) is 2.29. The molecule has 0 aromatic heterocycles. The summed E-state index contributed by atoms with van der Waals surface area (Å²) in [5.74, 6) is 2.62. The van der Waals surface area contributed by atoms with E-state index in [1.807, 2.05) is 4.90 Å². The van der Waals surface area contributed by atoms with E-state index in [0.29, 0.717) is 6.04 Å². The Kier molecular flexibility index (Phi) is 5.13. The molecule has 1 aliphatic rings. The van der Waals surface area contributed by atoms with Crippen molar-refractivity contribution in [1.29, 1.82) is 0 Å². The Morgan fingerprint density at radius 3 is 2.62 bits per heavy atom. The summed E-state index contributed by atoms with van der Waals surface area (Å²) in [4.78, 5) is 15.2. The molecule has 1 saturated heterocycles. The maximum atomic E-state index is 11.7. The quantitative estimate of drug-likeness (QED) is 0.566. The summed E-state index contributed by atoms with van der Waals surface area (Å²) in [5.41, 5.74) is 0. The van der Waals surface area contributed by atoms with E-state index in [2.05, 4.69) is 11.2 Å². The lowest BCUT2D eigenvalue weighted by Crippen LogP contribution is -2.48. The molecule has 0 aromatic rings. The van der Waals surface area contributed by atoms with Gasteiger partial charge in [0.2, 0.25) is 0 Å². The van der Waals surface area contributed by atoms with E-state index in [0.717, 1.165) is 38.9 Å². The van der Waals surface area contributed by atoms with E-state index in [9.17, 15) is 4.79 Å². The van der Waals surface area contributed by atoms with Gasteiger partial charge in [-0.25, -0.2) is 4.79 Å². The molecule has 1 N–H and O–H groups in total. The molecule has 0 radical (unpaired) electrons. The Balaban J connectivity index is 2.24. The van der Waals surface area contributed by atoms with Crippen LogP contribution in [0.3, 0.4) is 0 Å². The number of carbonyl (C=O) groups excluding carboxylic acids is 1. The lowest BCUT2D eigenvalue weighted by atomic mass is 10.1. The zero-order chi connectivity index (χ0) is 12.0. The van der Waals surface area contributed by atoms with Crippen molar-refractivity contribution in [3.63, 3.8) is 0 Å². The van der Waals surface area contributed by atoms with Crippen LogP contribution >= 0.6 is 0 Å². The molecule has 1 fully saturated rings. The third-order valence-corrected chi connectivity index (χ3v) is 2.85. The van der Waals surface area contributed by atoms with Crippen LogP contribution in [-0.4, -0.2) is 55.6 Å². The van der Waals surface area contributed by atoms with Crippen molar-refractivity contribution in [3.05, 3.63) is 0 Å². The van der Waals surface area contributed by atoms with Crippen LogP contribution in [0.25, 0.3) is 0 Å². The van der Waals surface area contributed by atoms with Crippen LogP contribution in [0.15, 0.2) is 0 Å². The highest BCUT2D eigenvalue weighted by Crippen LogP contribution is 2.11. The molecule has 0 aromatic carbocycles. The molecular weight excluding hydrogens is 202 g/mol. The number of hydrogen-bond donors (Lipinski definition) is 1. The predicted molar refractivity (Wildman–Crippen MR) is 65.1 cm³/mol. The first-order chi connectivity index (χ1) is 7.65. The SMILES string of the molecule is C#CCCNC1CCN(C(=O)N(C)C)CC1. The molecule has 16 heavy (non-hydrogen) atoms. The van der Waals surface area contributed by atoms with Crippen LogP contribution in [0.4, 0.5) is 4.79 Å². The minimum Gasteiger partial charge on any atom is -0.331 e. The van der Waals surface area contributed by atoms with E-state index in [-0.39, 0.29) is 6.03 Å². The molecule has 0 aliphatic carbocycles. The summed E-state index contributed by atoms with van der Waals surface area (Å²) in [7, 11) is 3.58. The number of likely N-dealkylation sites (tertiary alicyclic amines) is 1. The van der Waals surface area contributed by atoms with Gasteiger partial charge in [-0.2, -0.15) is 0 Å². The van der Waals surface area contributed by atoms with Crippen molar-refractivity contribution in [3.8, 4) is 12.3 Å². The smallest absolute Gasteiger partial charge is 0.319 e. The maximum Gasteiger partial charge on any atom is 0.319 e. The number of terminal acetylenes is 1. The van der Waals surface area contributed by atoms with Gasteiger partial charge in [0.05, 0.1) is 0 Å². The van der Waals surface area contributed by atoms with Crippen LogP contribution in [0.1, 0.15) is 19.3 Å². The molecule has 2 amide bonds. The molecule has 4 nitrogen and oxygen atoms in total. The topological polar surface area (TPSA) is 35.6 Å². The summed E-state index contributed by atoms with van der Waals surface area (Å²) in [5, 5.41) is 3.42. The Bertz CT molecular complexity index is 262. The fourth-order valence-corrected chi connectivity index (χ4v) is 1.91. The average molecular weight is 223 g/mol. The summed E-state index contributed by atoms with van der Waals surface area (Å²) in [6, 6.07) is 0.627. The molecule has 1 heterocycles.